The third kappa shape index (κ3) is 3.26. The lowest BCUT2D eigenvalue weighted by Crippen LogP contribution is -2.13. The van der Waals surface area contributed by atoms with Gasteiger partial charge in [0.05, 0.1) is 18.4 Å². The molecular formula is C14H10F3N5O2. The minimum Gasteiger partial charge on any atom is -0.369 e. The lowest BCUT2D eigenvalue weighted by atomic mass is 10.2. The number of hydrogen-bond acceptors (Lipinski definition) is 5. The van der Waals surface area contributed by atoms with Crippen molar-refractivity contribution in [2.24, 2.45) is 5.73 Å². The molecule has 7 nitrogen and oxygen atoms in total. The van der Waals surface area contributed by atoms with E-state index in [1.807, 2.05) is 0 Å². The Bertz CT molecular complexity index is 867. The summed E-state index contributed by atoms with van der Waals surface area (Å²) in [6.45, 7) is 0. The molecule has 2 aromatic heterocycles. The molecule has 0 fully saturated rings. The van der Waals surface area contributed by atoms with Crippen molar-refractivity contribution in [3.63, 3.8) is 0 Å². The molecule has 0 aliphatic heterocycles. The molecule has 0 radical (unpaired) electrons. The largest absolute Gasteiger partial charge is 0.471 e. The van der Waals surface area contributed by atoms with Gasteiger partial charge in [-0.05, 0) is 24.3 Å². The van der Waals surface area contributed by atoms with Crippen molar-refractivity contribution in [1.82, 2.24) is 19.7 Å². The highest BCUT2D eigenvalue weighted by atomic mass is 19.4. The van der Waals surface area contributed by atoms with Crippen LogP contribution in [-0.2, 0) is 17.4 Å². The maximum absolute atomic E-state index is 12.5. The number of nitrogens with zero attached hydrogens (tertiary/aromatic N) is 4. The molecule has 2 heterocycles. The van der Waals surface area contributed by atoms with E-state index in [4.69, 9.17) is 5.73 Å². The molecule has 3 rings (SSSR count). The Balaban J connectivity index is 1.81. The van der Waals surface area contributed by atoms with Gasteiger partial charge < -0.3 is 14.8 Å². The van der Waals surface area contributed by atoms with Gasteiger partial charge in [0.15, 0.2) is 0 Å². The second kappa shape index (κ2) is 5.80. The fourth-order valence-corrected chi connectivity index (χ4v) is 2.01. The molecule has 0 aliphatic rings. The van der Waals surface area contributed by atoms with Crippen LogP contribution in [0.3, 0.4) is 0 Å². The number of hydrogen-bond donors (Lipinski definition) is 1. The van der Waals surface area contributed by atoms with Crippen LogP contribution in [0.15, 0.2) is 41.3 Å². The number of carbonyl (C=O) groups is 1. The molecule has 0 atom stereocenters. The summed E-state index contributed by atoms with van der Waals surface area (Å²) in [5.74, 6) is -2.05. The Morgan fingerprint density at radius 1 is 1.25 bits per heavy atom. The number of primary amides is 1. The van der Waals surface area contributed by atoms with Gasteiger partial charge in [0.2, 0.25) is 11.7 Å². The predicted octanol–water partition coefficient (Wildman–Crippen LogP) is 1.97. The summed E-state index contributed by atoms with van der Waals surface area (Å²) in [6.07, 6.45) is -1.52. The molecule has 0 saturated carbocycles. The van der Waals surface area contributed by atoms with E-state index in [2.05, 4.69) is 19.6 Å². The number of benzene rings is 1. The van der Waals surface area contributed by atoms with Crippen molar-refractivity contribution in [1.29, 1.82) is 0 Å². The average molecular weight is 337 g/mol. The summed E-state index contributed by atoms with van der Waals surface area (Å²) in [4.78, 5) is 18.2. The standard InChI is InChI=1S/C14H10F3N5O2/c15-14(16,17)13-20-12(21-24-13)8-1-3-10(4-2-8)22-6-9(19-7-22)5-11(18)23/h1-4,6-7H,5H2,(H2,18,23). The van der Waals surface area contributed by atoms with Gasteiger partial charge in [0, 0.05) is 17.4 Å². The van der Waals surface area contributed by atoms with Crippen LogP contribution in [-0.4, -0.2) is 25.6 Å². The average Bonchev–Trinajstić information content (AvgIpc) is 3.15. The van der Waals surface area contributed by atoms with Crippen LogP contribution < -0.4 is 5.73 Å². The normalized spacial score (nSPS) is 11.6. The summed E-state index contributed by atoms with van der Waals surface area (Å²) in [7, 11) is 0. The van der Waals surface area contributed by atoms with E-state index >= 15 is 0 Å². The molecule has 124 valence electrons. The zero-order valence-electron chi connectivity index (χ0n) is 12.0. The van der Waals surface area contributed by atoms with Gasteiger partial charge in [-0.25, -0.2) is 4.98 Å². The number of aromatic nitrogens is 4. The summed E-state index contributed by atoms with van der Waals surface area (Å²) < 4.78 is 43.2. The highest BCUT2D eigenvalue weighted by molar-refractivity contribution is 5.76. The van der Waals surface area contributed by atoms with Crippen LogP contribution in [0.1, 0.15) is 11.6 Å². The first-order valence-corrected chi connectivity index (χ1v) is 6.66. The van der Waals surface area contributed by atoms with Crippen LogP contribution in [0.2, 0.25) is 0 Å². The van der Waals surface area contributed by atoms with Gasteiger partial charge in [0.1, 0.15) is 0 Å². The Labute approximate surface area is 132 Å². The molecule has 0 aliphatic carbocycles. The third-order valence-corrected chi connectivity index (χ3v) is 3.08. The first-order valence-electron chi connectivity index (χ1n) is 6.66. The lowest BCUT2D eigenvalue weighted by molar-refractivity contribution is -0.159. The molecule has 0 saturated heterocycles. The maximum Gasteiger partial charge on any atom is 0.471 e. The first kappa shape index (κ1) is 15.7. The van der Waals surface area contributed by atoms with Gasteiger partial charge in [0.25, 0.3) is 0 Å². The Morgan fingerprint density at radius 3 is 2.54 bits per heavy atom. The smallest absolute Gasteiger partial charge is 0.369 e. The van der Waals surface area contributed by atoms with Crippen molar-refractivity contribution in [2.45, 2.75) is 12.6 Å². The van der Waals surface area contributed by atoms with Gasteiger partial charge in [-0.2, -0.15) is 18.2 Å². The monoisotopic (exact) mass is 337 g/mol. The van der Waals surface area contributed by atoms with Crippen LogP contribution in [0.5, 0.6) is 0 Å². The molecule has 0 bridgehead atoms. The molecule has 3 aromatic rings. The molecule has 0 spiro atoms. The van der Waals surface area contributed by atoms with Gasteiger partial charge in [-0.1, -0.05) is 5.16 Å². The summed E-state index contributed by atoms with van der Waals surface area (Å²) in [5.41, 5.74) is 6.68. The topological polar surface area (TPSA) is 99.8 Å². The van der Waals surface area contributed by atoms with Gasteiger partial charge in [-0.15, -0.1) is 0 Å². The predicted molar refractivity (Wildman–Crippen MR) is 74.8 cm³/mol. The Hall–Kier alpha value is -3.17. The van der Waals surface area contributed by atoms with Gasteiger partial charge in [-0.3, -0.25) is 4.79 Å². The summed E-state index contributed by atoms with van der Waals surface area (Å²) in [6, 6.07) is 6.39. The number of nitrogens with two attached hydrogens (primary N) is 1. The van der Waals surface area contributed by atoms with E-state index in [0.29, 0.717) is 16.9 Å². The Morgan fingerprint density at radius 2 is 1.96 bits per heavy atom. The van der Waals surface area contributed by atoms with E-state index in [-0.39, 0.29) is 12.2 Å². The molecular weight excluding hydrogens is 327 g/mol. The Kier molecular flexibility index (Phi) is 3.80. The fraction of sp³-hybridized carbons (Fsp3) is 0.143. The maximum atomic E-state index is 12.5. The van der Waals surface area contributed by atoms with E-state index in [0.717, 1.165) is 0 Å². The van der Waals surface area contributed by atoms with E-state index in [9.17, 15) is 18.0 Å². The van der Waals surface area contributed by atoms with Crippen molar-refractivity contribution < 1.29 is 22.5 Å². The molecule has 1 amide bonds. The molecule has 24 heavy (non-hydrogen) atoms. The highest BCUT2D eigenvalue weighted by Gasteiger charge is 2.38. The van der Waals surface area contributed by atoms with Crippen LogP contribution in [0, 0.1) is 0 Å². The minimum atomic E-state index is -4.68. The SMILES string of the molecule is NC(=O)Cc1cn(-c2ccc(-c3noc(C(F)(F)F)n3)cc2)cn1. The van der Waals surface area contributed by atoms with E-state index in [1.54, 1.807) is 35.0 Å². The number of halogens is 3. The van der Waals surface area contributed by atoms with Crippen LogP contribution in [0.4, 0.5) is 13.2 Å². The van der Waals surface area contributed by atoms with Crippen molar-refractivity contribution in [3.05, 3.63) is 48.4 Å². The lowest BCUT2D eigenvalue weighted by Gasteiger charge is -2.02. The summed E-state index contributed by atoms with van der Waals surface area (Å²) >= 11 is 0. The number of imidazole rings is 1. The number of carbonyl (C=O) groups excluding carboxylic acids is 1. The zero-order valence-corrected chi connectivity index (χ0v) is 12.0. The molecule has 0 unspecified atom stereocenters. The second-order valence-electron chi connectivity index (χ2n) is 4.88. The van der Waals surface area contributed by atoms with Gasteiger partial charge >= 0.3 is 12.1 Å². The van der Waals surface area contributed by atoms with Crippen molar-refractivity contribution in [2.75, 3.05) is 0 Å². The molecule has 1 aromatic carbocycles. The number of alkyl halides is 3. The third-order valence-electron chi connectivity index (χ3n) is 3.08. The highest BCUT2D eigenvalue weighted by Crippen LogP contribution is 2.29. The number of amides is 1. The second-order valence-corrected chi connectivity index (χ2v) is 4.88. The zero-order chi connectivity index (χ0) is 17.3. The quantitative estimate of drug-likeness (QED) is 0.784. The van der Waals surface area contributed by atoms with Crippen molar-refractivity contribution in [3.8, 4) is 17.1 Å². The molecule has 10 heteroatoms. The van der Waals surface area contributed by atoms with Crippen LogP contribution in [0.25, 0.3) is 17.1 Å². The fourth-order valence-electron chi connectivity index (χ4n) is 2.01. The van der Waals surface area contributed by atoms with Crippen molar-refractivity contribution >= 4 is 5.91 Å². The minimum absolute atomic E-state index is 0.0220. The number of rotatable bonds is 4. The summed E-state index contributed by atoms with van der Waals surface area (Å²) in [5, 5.41) is 3.32. The van der Waals surface area contributed by atoms with E-state index in [1.165, 1.54) is 6.33 Å². The van der Waals surface area contributed by atoms with E-state index < -0.39 is 18.0 Å². The molecule has 2 N–H and O–H groups in total. The first-order chi connectivity index (χ1) is 11.3. The van der Waals surface area contributed by atoms with Crippen LogP contribution >= 0.6 is 0 Å².